The summed E-state index contributed by atoms with van der Waals surface area (Å²) in [7, 11) is 0. The predicted octanol–water partition coefficient (Wildman–Crippen LogP) is 13.9. The van der Waals surface area contributed by atoms with Crippen LogP contribution in [-0.2, 0) is 0 Å². The van der Waals surface area contributed by atoms with E-state index in [0.717, 1.165) is 66.5 Å². The second kappa shape index (κ2) is 12.6. The average Bonchev–Trinajstić information content (AvgIpc) is 3.96. The number of aromatic nitrogens is 4. The molecule has 0 amide bonds. The molecule has 0 saturated carbocycles. The second-order valence-electron chi connectivity index (χ2n) is 14.4. The topological polar surface area (TPSA) is 56.7 Å². The summed E-state index contributed by atoms with van der Waals surface area (Å²) >= 11 is 1.80. The third-order valence-electron chi connectivity index (χ3n) is 11.1. The molecule has 0 aliphatic rings. The summed E-state index contributed by atoms with van der Waals surface area (Å²) in [5.74, 6) is 1.97. The first-order chi connectivity index (χ1) is 28.2. The zero-order valence-corrected chi connectivity index (χ0v) is 31.2. The number of fused-ring (bicyclic) bond motifs is 9. The first-order valence-electron chi connectivity index (χ1n) is 19.0. The first-order valence-corrected chi connectivity index (χ1v) is 19.8. The van der Waals surface area contributed by atoms with E-state index < -0.39 is 0 Å². The zero-order valence-electron chi connectivity index (χ0n) is 30.4. The van der Waals surface area contributed by atoms with Crippen LogP contribution in [0.4, 0.5) is 0 Å². The van der Waals surface area contributed by atoms with Gasteiger partial charge in [-0.3, -0.25) is 0 Å². The number of nitrogens with zero attached hydrogens (tertiary/aromatic N) is 4. The summed E-state index contributed by atoms with van der Waals surface area (Å²) in [6, 6.07) is 63.7. The van der Waals surface area contributed by atoms with Crippen LogP contribution in [0.2, 0.25) is 0 Å². The van der Waals surface area contributed by atoms with Gasteiger partial charge in [0.25, 0.3) is 0 Å². The summed E-state index contributed by atoms with van der Waals surface area (Å²) < 4.78 is 11.5. The highest BCUT2D eigenvalue weighted by Crippen LogP contribution is 2.43. The molecule has 5 nitrogen and oxygen atoms in total. The van der Waals surface area contributed by atoms with Crippen molar-refractivity contribution < 1.29 is 4.42 Å². The van der Waals surface area contributed by atoms with Gasteiger partial charge in [-0.1, -0.05) is 146 Å². The summed E-state index contributed by atoms with van der Waals surface area (Å²) in [6.07, 6.45) is 0. The van der Waals surface area contributed by atoms with Crippen molar-refractivity contribution in [2.75, 3.05) is 0 Å². The molecule has 57 heavy (non-hydrogen) atoms. The number of rotatable bonds is 5. The lowest BCUT2D eigenvalue weighted by Crippen LogP contribution is -1.99. The Morgan fingerprint density at radius 2 is 0.930 bits per heavy atom. The number of thiophene rings is 1. The molecule has 0 aliphatic heterocycles. The van der Waals surface area contributed by atoms with Crippen LogP contribution in [0, 0.1) is 0 Å². The minimum atomic E-state index is 0.654. The molecule has 266 valence electrons. The summed E-state index contributed by atoms with van der Waals surface area (Å²) in [5, 5.41) is 7.13. The Balaban J connectivity index is 0.987. The van der Waals surface area contributed by atoms with Crippen LogP contribution in [0.1, 0.15) is 0 Å². The van der Waals surface area contributed by atoms with Crippen molar-refractivity contribution in [3.05, 3.63) is 182 Å². The molecule has 0 fully saturated rings. The zero-order chi connectivity index (χ0) is 37.5. The monoisotopic (exact) mass is 746 g/mol. The molecule has 12 rings (SSSR count). The summed E-state index contributed by atoms with van der Waals surface area (Å²) in [5.41, 5.74) is 10.3. The van der Waals surface area contributed by atoms with Gasteiger partial charge in [0.05, 0.1) is 16.7 Å². The molecule has 6 heteroatoms. The molecule has 0 bridgehead atoms. The minimum Gasteiger partial charge on any atom is -0.454 e. The standard InChI is InChI=1S/C51H30N4OS/c1-3-13-31(14-4-1)49-52-50(32-15-5-2-6-16-32)54-51(53-49)34-26-28-39-38-27-25-33(29-45(38)57-46(39)30-34)35-19-12-24-44-47(35)40-20-11-23-43(48(40)56-44)55-41-21-9-7-17-36(41)37-18-8-10-22-42(37)55/h1-30H. The van der Waals surface area contributed by atoms with Gasteiger partial charge >= 0.3 is 0 Å². The Labute approximate surface area is 330 Å². The van der Waals surface area contributed by atoms with Gasteiger partial charge in [0, 0.05) is 58.4 Å². The number of hydrogen-bond donors (Lipinski definition) is 0. The van der Waals surface area contributed by atoms with Gasteiger partial charge in [0.1, 0.15) is 5.58 Å². The minimum absolute atomic E-state index is 0.654. The molecule has 0 atom stereocenters. The van der Waals surface area contributed by atoms with Crippen molar-refractivity contribution >= 4 is 75.3 Å². The Kier molecular flexibility index (Phi) is 7.03. The molecular weight excluding hydrogens is 717 g/mol. The van der Waals surface area contributed by atoms with Crippen molar-refractivity contribution in [2.45, 2.75) is 0 Å². The third kappa shape index (κ3) is 5.04. The summed E-state index contributed by atoms with van der Waals surface area (Å²) in [6.45, 7) is 0. The molecule has 4 aromatic heterocycles. The first kappa shape index (κ1) is 31.9. The van der Waals surface area contributed by atoms with E-state index in [0.29, 0.717) is 17.5 Å². The van der Waals surface area contributed by atoms with E-state index in [9.17, 15) is 0 Å². The molecule has 0 spiro atoms. The predicted molar refractivity (Wildman–Crippen MR) is 236 cm³/mol. The molecular formula is C51H30N4OS. The van der Waals surface area contributed by atoms with E-state index in [1.54, 1.807) is 11.3 Å². The van der Waals surface area contributed by atoms with Crippen molar-refractivity contribution in [1.29, 1.82) is 0 Å². The quantitative estimate of drug-likeness (QED) is 0.176. The van der Waals surface area contributed by atoms with Gasteiger partial charge in [-0.05, 0) is 47.5 Å². The van der Waals surface area contributed by atoms with E-state index in [1.807, 2.05) is 60.7 Å². The number of furan rings is 1. The fraction of sp³-hybridized carbons (Fsp3) is 0. The van der Waals surface area contributed by atoms with Gasteiger partial charge in [-0.25, -0.2) is 15.0 Å². The molecule has 0 unspecified atom stereocenters. The maximum atomic E-state index is 6.80. The lowest BCUT2D eigenvalue weighted by molar-refractivity contribution is 0.666. The highest BCUT2D eigenvalue weighted by molar-refractivity contribution is 7.25. The summed E-state index contributed by atoms with van der Waals surface area (Å²) in [4.78, 5) is 14.9. The number of hydrogen-bond acceptors (Lipinski definition) is 5. The lowest BCUT2D eigenvalue weighted by atomic mass is 9.98. The molecule has 0 radical (unpaired) electrons. The van der Waals surface area contributed by atoms with Gasteiger partial charge in [-0.2, -0.15) is 0 Å². The Morgan fingerprint density at radius 3 is 1.58 bits per heavy atom. The average molecular weight is 747 g/mol. The highest BCUT2D eigenvalue weighted by Gasteiger charge is 2.20. The normalized spacial score (nSPS) is 11.9. The van der Waals surface area contributed by atoms with Gasteiger partial charge in [0.15, 0.2) is 23.1 Å². The SMILES string of the molecule is c1ccc(-c2nc(-c3ccccc3)nc(-c3ccc4c(c3)sc3cc(-c5cccc6oc7c(-n8c9ccccc9c9ccccc98)cccc7c56)ccc34)n2)cc1. The van der Waals surface area contributed by atoms with Crippen LogP contribution in [0.15, 0.2) is 186 Å². The van der Waals surface area contributed by atoms with Gasteiger partial charge in [-0.15, -0.1) is 11.3 Å². The van der Waals surface area contributed by atoms with E-state index in [1.165, 1.54) is 30.9 Å². The third-order valence-corrected chi connectivity index (χ3v) is 12.2. The van der Waals surface area contributed by atoms with Gasteiger partial charge < -0.3 is 8.98 Å². The second-order valence-corrected chi connectivity index (χ2v) is 15.5. The highest BCUT2D eigenvalue weighted by atomic mass is 32.1. The fourth-order valence-electron chi connectivity index (χ4n) is 8.45. The van der Waals surface area contributed by atoms with Crippen molar-refractivity contribution in [1.82, 2.24) is 19.5 Å². The van der Waals surface area contributed by atoms with E-state index in [4.69, 9.17) is 19.4 Å². The van der Waals surface area contributed by atoms with Crippen molar-refractivity contribution in [3.63, 3.8) is 0 Å². The molecule has 0 aliphatic carbocycles. The van der Waals surface area contributed by atoms with Crippen molar-refractivity contribution in [2.24, 2.45) is 0 Å². The van der Waals surface area contributed by atoms with Crippen LogP contribution in [0.3, 0.4) is 0 Å². The number of para-hydroxylation sites is 3. The molecule has 8 aromatic carbocycles. The van der Waals surface area contributed by atoms with E-state index in [2.05, 4.69) is 126 Å². The largest absolute Gasteiger partial charge is 0.454 e. The Morgan fingerprint density at radius 1 is 0.404 bits per heavy atom. The maximum Gasteiger partial charge on any atom is 0.164 e. The van der Waals surface area contributed by atoms with Crippen LogP contribution in [-0.4, -0.2) is 19.5 Å². The van der Waals surface area contributed by atoms with Gasteiger partial charge in [0.2, 0.25) is 0 Å². The van der Waals surface area contributed by atoms with E-state index in [-0.39, 0.29) is 0 Å². The molecule has 0 saturated heterocycles. The van der Waals surface area contributed by atoms with Crippen LogP contribution in [0.25, 0.3) is 115 Å². The smallest absolute Gasteiger partial charge is 0.164 e. The molecule has 0 N–H and O–H groups in total. The van der Waals surface area contributed by atoms with Crippen LogP contribution >= 0.6 is 11.3 Å². The molecule has 12 aromatic rings. The van der Waals surface area contributed by atoms with Crippen molar-refractivity contribution in [3.8, 4) is 51.0 Å². The maximum absolute atomic E-state index is 6.80. The van der Waals surface area contributed by atoms with Crippen LogP contribution in [0.5, 0.6) is 0 Å². The Bertz CT molecular complexity index is 3420. The van der Waals surface area contributed by atoms with Crippen LogP contribution < -0.4 is 0 Å². The number of benzene rings is 8. The lowest BCUT2D eigenvalue weighted by Gasteiger charge is -2.08. The Hall–Kier alpha value is -7.41. The fourth-order valence-corrected chi connectivity index (χ4v) is 9.64. The van der Waals surface area contributed by atoms with E-state index >= 15 is 0 Å². The molecule has 4 heterocycles.